The van der Waals surface area contributed by atoms with E-state index in [0.717, 1.165) is 13.1 Å². The van der Waals surface area contributed by atoms with Gasteiger partial charge in [-0.15, -0.1) is 0 Å². The van der Waals surface area contributed by atoms with E-state index in [9.17, 15) is 4.79 Å². The number of nitrogens with zero attached hydrogens (tertiary/aromatic N) is 2. The SMILES string of the molecule is CN(C)CCOc1ccc2oc3ccc(OCCN(C)C)cc3c(=O)c2c1. The first kappa shape index (κ1) is 19.2. The highest BCUT2D eigenvalue weighted by Crippen LogP contribution is 2.25. The lowest BCUT2D eigenvalue weighted by Crippen LogP contribution is -2.19. The van der Waals surface area contributed by atoms with Gasteiger partial charge < -0.3 is 23.7 Å². The van der Waals surface area contributed by atoms with Crippen molar-refractivity contribution in [3.05, 3.63) is 46.6 Å². The number of rotatable bonds is 8. The first-order chi connectivity index (χ1) is 12.9. The van der Waals surface area contributed by atoms with Crippen LogP contribution in [0.3, 0.4) is 0 Å². The van der Waals surface area contributed by atoms with Crippen LogP contribution in [0.2, 0.25) is 0 Å². The summed E-state index contributed by atoms with van der Waals surface area (Å²) in [6, 6.07) is 10.7. The van der Waals surface area contributed by atoms with Crippen molar-refractivity contribution >= 4 is 21.9 Å². The van der Waals surface area contributed by atoms with Gasteiger partial charge in [-0.1, -0.05) is 0 Å². The maximum atomic E-state index is 13.0. The second kappa shape index (κ2) is 8.41. The molecule has 27 heavy (non-hydrogen) atoms. The Hall–Kier alpha value is -2.57. The van der Waals surface area contributed by atoms with Gasteiger partial charge in [0, 0.05) is 13.1 Å². The summed E-state index contributed by atoms with van der Waals surface area (Å²) in [5.41, 5.74) is 1.02. The highest BCUT2D eigenvalue weighted by atomic mass is 16.5. The second-order valence-electron chi connectivity index (χ2n) is 7.05. The molecular weight excluding hydrogens is 344 g/mol. The standard InChI is InChI=1S/C21H26N2O4/c1-22(2)9-11-25-15-5-7-19-17(13-15)21(24)18-14-16(6-8-20(18)27-19)26-12-10-23(3)4/h5-8,13-14H,9-12H2,1-4H3. The summed E-state index contributed by atoms with van der Waals surface area (Å²) < 4.78 is 17.4. The minimum Gasteiger partial charge on any atom is -0.492 e. The Morgan fingerprint density at radius 3 is 1.63 bits per heavy atom. The zero-order valence-corrected chi connectivity index (χ0v) is 16.3. The van der Waals surface area contributed by atoms with E-state index in [4.69, 9.17) is 13.9 Å². The molecule has 0 radical (unpaired) electrons. The van der Waals surface area contributed by atoms with Crippen LogP contribution >= 0.6 is 0 Å². The number of fused-ring (bicyclic) bond motifs is 2. The molecule has 0 bridgehead atoms. The van der Waals surface area contributed by atoms with Crippen LogP contribution in [0.5, 0.6) is 11.5 Å². The van der Waals surface area contributed by atoms with E-state index in [1.165, 1.54) is 0 Å². The van der Waals surface area contributed by atoms with Gasteiger partial charge in [0.2, 0.25) is 5.43 Å². The Bertz CT molecular complexity index is 904. The smallest absolute Gasteiger partial charge is 0.200 e. The van der Waals surface area contributed by atoms with E-state index in [0.29, 0.717) is 46.7 Å². The molecule has 0 fully saturated rings. The molecule has 3 rings (SSSR count). The summed E-state index contributed by atoms with van der Waals surface area (Å²) in [4.78, 5) is 17.1. The van der Waals surface area contributed by atoms with Crippen molar-refractivity contribution in [3.8, 4) is 11.5 Å². The third-order valence-electron chi connectivity index (χ3n) is 4.23. The first-order valence-corrected chi connectivity index (χ1v) is 9.00. The molecule has 0 amide bonds. The molecule has 0 N–H and O–H groups in total. The molecule has 6 nitrogen and oxygen atoms in total. The Morgan fingerprint density at radius 1 is 0.778 bits per heavy atom. The van der Waals surface area contributed by atoms with Crippen LogP contribution in [-0.4, -0.2) is 64.3 Å². The van der Waals surface area contributed by atoms with Crippen molar-refractivity contribution in [2.24, 2.45) is 0 Å². The lowest BCUT2D eigenvalue weighted by Gasteiger charge is -2.12. The van der Waals surface area contributed by atoms with Crippen molar-refractivity contribution in [2.45, 2.75) is 0 Å². The van der Waals surface area contributed by atoms with Gasteiger partial charge in [-0.05, 0) is 64.6 Å². The Labute approximate surface area is 158 Å². The average Bonchev–Trinajstić information content (AvgIpc) is 2.62. The van der Waals surface area contributed by atoms with E-state index < -0.39 is 0 Å². The molecule has 1 heterocycles. The van der Waals surface area contributed by atoms with Gasteiger partial charge >= 0.3 is 0 Å². The monoisotopic (exact) mass is 370 g/mol. The summed E-state index contributed by atoms with van der Waals surface area (Å²) in [5, 5.41) is 1.02. The molecule has 0 aliphatic rings. The van der Waals surface area contributed by atoms with Crippen molar-refractivity contribution < 1.29 is 13.9 Å². The summed E-state index contributed by atoms with van der Waals surface area (Å²) in [7, 11) is 7.96. The van der Waals surface area contributed by atoms with Crippen LogP contribution in [-0.2, 0) is 0 Å². The van der Waals surface area contributed by atoms with Crippen LogP contribution in [0.1, 0.15) is 0 Å². The molecule has 3 aromatic rings. The maximum absolute atomic E-state index is 13.0. The quantitative estimate of drug-likeness (QED) is 0.569. The molecule has 0 unspecified atom stereocenters. The number of hydrogen-bond acceptors (Lipinski definition) is 6. The van der Waals surface area contributed by atoms with Crippen LogP contribution in [0.25, 0.3) is 21.9 Å². The highest BCUT2D eigenvalue weighted by molar-refractivity contribution is 5.90. The largest absolute Gasteiger partial charge is 0.492 e. The molecule has 0 spiro atoms. The second-order valence-corrected chi connectivity index (χ2v) is 7.05. The normalized spacial score (nSPS) is 11.6. The lowest BCUT2D eigenvalue weighted by molar-refractivity contribution is 0.261. The van der Waals surface area contributed by atoms with Crippen molar-refractivity contribution in [1.29, 1.82) is 0 Å². The maximum Gasteiger partial charge on any atom is 0.200 e. The zero-order valence-electron chi connectivity index (χ0n) is 16.3. The van der Waals surface area contributed by atoms with Gasteiger partial charge in [0.1, 0.15) is 35.9 Å². The summed E-state index contributed by atoms with van der Waals surface area (Å²) in [5.74, 6) is 1.32. The average molecular weight is 370 g/mol. The van der Waals surface area contributed by atoms with Crippen molar-refractivity contribution in [1.82, 2.24) is 9.80 Å². The predicted octanol–water partition coefficient (Wildman–Crippen LogP) is 2.83. The van der Waals surface area contributed by atoms with E-state index in [2.05, 4.69) is 0 Å². The molecule has 0 saturated carbocycles. The lowest BCUT2D eigenvalue weighted by atomic mass is 10.1. The molecule has 1 aromatic heterocycles. The van der Waals surface area contributed by atoms with Gasteiger partial charge in [0.05, 0.1) is 10.8 Å². The number of benzene rings is 2. The van der Waals surface area contributed by atoms with E-state index >= 15 is 0 Å². The number of likely N-dealkylation sites (N-methyl/N-ethyl adjacent to an activating group) is 2. The van der Waals surface area contributed by atoms with Gasteiger partial charge in [-0.3, -0.25) is 4.79 Å². The number of ether oxygens (including phenoxy) is 2. The topological polar surface area (TPSA) is 55.2 Å². The minimum absolute atomic E-state index is 0.0811. The molecule has 0 atom stereocenters. The van der Waals surface area contributed by atoms with Crippen molar-refractivity contribution in [3.63, 3.8) is 0 Å². The van der Waals surface area contributed by atoms with Gasteiger partial charge in [-0.2, -0.15) is 0 Å². The molecule has 0 aliphatic carbocycles. The van der Waals surface area contributed by atoms with E-state index in [1.54, 1.807) is 24.3 Å². The Morgan fingerprint density at radius 2 is 1.22 bits per heavy atom. The Kier molecular flexibility index (Phi) is 5.98. The summed E-state index contributed by atoms with van der Waals surface area (Å²) >= 11 is 0. The molecule has 144 valence electrons. The predicted molar refractivity (Wildman–Crippen MR) is 108 cm³/mol. The van der Waals surface area contributed by atoms with Gasteiger partial charge in [0.15, 0.2) is 0 Å². The van der Waals surface area contributed by atoms with E-state index in [1.807, 2.05) is 50.1 Å². The zero-order chi connectivity index (χ0) is 19.4. The van der Waals surface area contributed by atoms with Crippen LogP contribution in [0.4, 0.5) is 0 Å². The summed E-state index contributed by atoms with van der Waals surface area (Å²) in [6.07, 6.45) is 0. The van der Waals surface area contributed by atoms with E-state index in [-0.39, 0.29) is 5.43 Å². The van der Waals surface area contributed by atoms with Crippen LogP contribution in [0.15, 0.2) is 45.6 Å². The summed E-state index contributed by atoms with van der Waals surface area (Å²) in [6.45, 7) is 2.72. The van der Waals surface area contributed by atoms with Crippen LogP contribution in [0, 0.1) is 0 Å². The van der Waals surface area contributed by atoms with Crippen molar-refractivity contribution in [2.75, 3.05) is 54.5 Å². The highest BCUT2D eigenvalue weighted by Gasteiger charge is 2.10. The minimum atomic E-state index is -0.0811. The molecular formula is C21H26N2O4. The third-order valence-corrected chi connectivity index (χ3v) is 4.23. The third kappa shape index (κ3) is 4.78. The molecule has 0 saturated heterocycles. The fourth-order valence-corrected chi connectivity index (χ4v) is 2.69. The van der Waals surface area contributed by atoms with Gasteiger partial charge in [-0.25, -0.2) is 0 Å². The fraction of sp³-hybridized carbons (Fsp3) is 0.381. The first-order valence-electron chi connectivity index (χ1n) is 9.00. The Balaban J connectivity index is 1.90. The fourth-order valence-electron chi connectivity index (χ4n) is 2.69. The van der Waals surface area contributed by atoms with Crippen LogP contribution < -0.4 is 14.9 Å². The molecule has 6 heteroatoms. The number of hydrogen-bond donors (Lipinski definition) is 0. The molecule has 2 aromatic carbocycles. The van der Waals surface area contributed by atoms with Gasteiger partial charge in [0.25, 0.3) is 0 Å². The molecule has 0 aliphatic heterocycles.